The molecule has 1 heterocycles. The molecule has 0 aliphatic rings. The van der Waals surface area contributed by atoms with Crippen LogP contribution in [0.5, 0.6) is 11.5 Å². The first kappa shape index (κ1) is 21.8. The molecule has 0 spiro atoms. The lowest BCUT2D eigenvalue weighted by Crippen LogP contribution is -2.28. The molecule has 2 rings (SSSR count). The zero-order valence-electron chi connectivity index (χ0n) is 17.0. The number of rotatable bonds is 8. The number of ether oxygens (including phenoxy) is 4. The number of hydrogen-bond acceptors (Lipinski definition) is 7. The molecule has 2 N–H and O–H groups in total. The van der Waals surface area contributed by atoms with Crippen LogP contribution in [-0.4, -0.2) is 50.8 Å². The van der Waals surface area contributed by atoms with Gasteiger partial charge in [-0.3, -0.25) is 4.79 Å². The van der Waals surface area contributed by atoms with E-state index in [9.17, 15) is 14.4 Å². The number of esters is 2. The number of methoxy groups -OCH3 is 3. The van der Waals surface area contributed by atoms with E-state index < -0.39 is 24.5 Å². The van der Waals surface area contributed by atoms with Gasteiger partial charge in [0.05, 0.1) is 26.9 Å². The Morgan fingerprint density at radius 1 is 1.00 bits per heavy atom. The first-order valence-electron chi connectivity index (χ1n) is 8.74. The molecule has 0 saturated carbocycles. The number of aromatic nitrogens is 1. The van der Waals surface area contributed by atoms with Crippen LogP contribution in [0.4, 0.5) is 0 Å². The molecule has 2 aromatic rings. The smallest absolute Gasteiger partial charge is 0.355 e. The first-order valence-corrected chi connectivity index (χ1v) is 8.74. The highest BCUT2D eigenvalue weighted by atomic mass is 16.5. The Bertz CT molecular complexity index is 918. The minimum absolute atomic E-state index is 0.107. The van der Waals surface area contributed by atoms with Gasteiger partial charge in [0.2, 0.25) is 0 Å². The molecule has 9 heteroatoms. The minimum Gasteiger partial charge on any atom is -0.493 e. The quantitative estimate of drug-likeness (QED) is 0.646. The Labute approximate surface area is 168 Å². The van der Waals surface area contributed by atoms with Crippen molar-refractivity contribution < 1.29 is 33.3 Å². The third-order valence-electron chi connectivity index (χ3n) is 4.30. The second-order valence-electron chi connectivity index (χ2n) is 6.16. The fourth-order valence-corrected chi connectivity index (χ4v) is 2.81. The summed E-state index contributed by atoms with van der Waals surface area (Å²) < 4.78 is 20.1. The van der Waals surface area contributed by atoms with Crippen molar-refractivity contribution >= 4 is 17.8 Å². The maximum atomic E-state index is 12.3. The Morgan fingerprint density at radius 3 is 2.31 bits per heavy atom. The molecule has 1 aromatic heterocycles. The number of hydrogen-bond donors (Lipinski definition) is 2. The molecule has 1 aromatic carbocycles. The van der Waals surface area contributed by atoms with Crippen molar-refractivity contribution in [3.63, 3.8) is 0 Å². The second kappa shape index (κ2) is 9.63. The van der Waals surface area contributed by atoms with E-state index in [-0.39, 0.29) is 17.8 Å². The molecule has 0 saturated heterocycles. The number of amides is 1. The number of aromatic amines is 1. The molecule has 0 fully saturated rings. The van der Waals surface area contributed by atoms with Crippen molar-refractivity contribution in [2.75, 3.05) is 27.9 Å². The van der Waals surface area contributed by atoms with Gasteiger partial charge in [0.15, 0.2) is 18.1 Å². The van der Waals surface area contributed by atoms with Gasteiger partial charge in [-0.1, -0.05) is 6.07 Å². The topological polar surface area (TPSA) is 116 Å². The normalized spacial score (nSPS) is 10.2. The van der Waals surface area contributed by atoms with E-state index in [1.54, 1.807) is 32.0 Å². The van der Waals surface area contributed by atoms with Gasteiger partial charge in [-0.15, -0.1) is 0 Å². The lowest BCUT2D eigenvalue weighted by molar-refractivity contribution is -0.124. The van der Waals surface area contributed by atoms with E-state index in [4.69, 9.17) is 18.9 Å². The van der Waals surface area contributed by atoms with Crippen molar-refractivity contribution in [3.05, 3.63) is 46.3 Å². The van der Waals surface area contributed by atoms with Crippen LogP contribution in [-0.2, 0) is 20.8 Å². The largest absolute Gasteiger partial charge is 0.493 e. The molecule has 0 atom stereocenters. The van der Waals surface area contributed by atoms with Gasteiger partial charge in [-0.05, 0) is 37.1 Å². The SMILES string of the molecule is COC(=O)c1c(C)[nH]c(C(=O)OCC(=O)NCc2ccc(OC)c(OC)c2)c1C. The summed E-state index contributed by atoms with van der Waals surface area (Å²) >= 11 is 0. The number of H-pyrrole nitrogens is 1. The number of aryl methyl sites for hydroxylation is 1. The molecule has 29 heavy (non-hydrogen) atoms. The average molecular weight is 404 g/mol. The zero-order valence-corrected chi connectivity index (χ0v) is 17.0. The molecule has 0 aliphatic carbocycles. The molecule has 0 radical (unpaired) electrons. The highest BCUT2D eigenvalue weighted by Crippen LogP contribution is 2.27. The van der Waals surface area contributed by atoms with Crippen LogP contribution in [0.1, 0.15) is 37.7 Å². The standard InChI is InChI=1S/C20H24N2O7/c1-11-17(19(24)28-5)12(2)22-18(11)20(25)29-10-16(23)21-9-13-6-7-14(26-3)15(8-13)27-4/h6-8,22H,9-10H2,1-5H3,(H,21,23). The monoisotopic (exact) mass is 404 g/mol. The number of nitrogens with one attached hydrogen (secondary N) is 2. The summed E-state index contributed by atoms with van der Waals surface area (Å²) in [6.45, 7) is 3.01. The summed E-state index contributed by atoms with van der Waals surface area (Å²) in [4.78, 5) is 38.9. The van der Waals surface area contributed by atoms with Crippen molar-refractivity contribution in [1.82, 2.24) is 10.3 Å². The second-order valence-corrected chi connectivity index (χ2v) is 6.16. The van der Waals surface area contributed by atoms with E-state index in [1.807, 2.05) is 0 Å². The molecule has 0 bridgehead atoms. The van der Waals surface area contributed by atoms with Crippen LogP contribution in [0.3, 0.4) is 0 Å². The molecule has 1 amide bonds. The fraction of sp³-hybridized carbons (Fsp3) is 0.350. The van der Waals surface area contributed by atoms with E-state index in [2.05, 4.69) is 10.3 Å². The average Bonchev–Trinajstić information content (AvgIpc) is 3.03. The maximum Gasteiger partial charge on any atom is 0.355 e. The summed E-state index contributed by atoms with van der Waals surface area (Å²) in [6, 6.07) is 5.26. The van der Waals surface area contributed by atoms with Crippen LogP contribution in [0.25, 0.3) is 0 Å². The van der Waals surface area contributed by atoms with Crippen LogP contribution >= 0.6 is 0 Å². The molecular formula is C20H24N2O7. The number of carbonyl (C=O) groups is 3. The van der Waals surface area contributed by atoms with Gasteiger partial charge in [0, 0.05) is 12.2 Å². The third-order valence-corrected chi connectivity index (χ3v) is 4.30. The Morgan fingerprint density at radius 2 is 1.69 bits per heavy atom. The van der Waals surface area contributed by atoms with Crippen LogP contribution < -0.4 is 14.8 Å². The summed E-state index contributed by atoms with van der Waals surface area (Å²) in [6.07, 6.45) is 0. The van der Waals surface area contributed by atoms with E-state index >= 15 is 0 Å². The number of benzene rings is 1. The lowest BCUT2D eigenvalue weighted by Gasteiger charge is -2.10. The van der Waals surface area contributed by atoms with Crippen LogP contribution in [0.2, 0.25) is 0 Å². The predicted octanol–water partition coefficient (Wildman–Crippen LogP) is 1.91. The van der Waals surface area contributed by atoms with Gasteiger partial charge in [-0.2, -0.15) is 0 Å². The summed E-state index contributed by atoms with van der Waals surface area (Å²) in [7, 11) is 4.32. The van der Waals surface area contributed by atoms with Gasteiger partial charge < -0.3 is 29.2 Å². The predicted molar refractivity (Wildman–Crippen MR) is 103 cm³/mol. The van der Waals surface area contributed by atoms with E-state index in [0.29, 0.717) is 22.8 Å². The Balaban J connectivity index is 1.93. The van der Waals surface area contributed by atoms with Gasteiger partial charge in [-0.25, -0.2) is 9.59 Å². The maximum absolute atomic E-state index is 12.3. The highest BCUT2D eigenvalue weighted by molar-refractivity contribution is 5.99. The Kier molecular flexibility index (Phi) is 7.24. The molecule has 0 aliphatic heterocycles. The molecule has 156 valence electrons. The summed E-state index contributed by atoms with van der Waals surface area (Å²) in [5, 5.41) is 2.66. The Hall–Kier alpha value is -3.49. The summed E-state index contributed by atoms with van der Waals surface area (Å²) in [5.74, 6) is -0.628. The van der Waals surface area contributed by atoms with Crippen LogP contribution in [0.15, 0.2) is 18.2 Å². The lowest BCUT2D eigenvalue weighted by atomic mass is 10.1. The number of carbonyl (C=O) groups excluding carboxylic acids is 3. The van der Waals surface area contributed by atoms with Gasteiger partial charge >= 0.3 is 11.9 Å². The highest BCUT2D eigenvalue weighted by Gasteiger charge is 2.23. The summed E-state index contributed by atoms with van der Waals surface area (Å²) in [5.41, 5.74) is 2.07. The zero-order chi connectivity index (χ0) is 21.6. The molecule has 0 unspecified atom stereocenters. The van der Waals surface area contributed by atoms with Crippen LogP contribution in [0, 0.1) is 13.8 Å². The van der Waals surface area contributed by atoms with E-state index in [1.165, 1.54) is 21.3 Å². The molecule has 9 nitrogen and oxygen atoms in total. The van der Waals surface area contributed by atoms with Crippen molar-refractivity contribution in [3.8, 4) is 11.5 Å². The first-order chi connectivity index (χ1) is 13.8. The molecular weight excluding hydrogens is 380 g/mol. The third kappa shape index (κ3) is 5.07. The van der Waals surface area contributed by atoms with Crippen molar-refractivity contribution in [2.24, 2.45) is 0 Å². The fourth-order valence-electron chi connectivity index (χ4n) is 2.81. The minimum atomic E-state index is -0.734. The van der Waals surface area contributed by atoms with Crippen molar-refractivity contribution in [2.45, 2.75) is 20.4 Å². The van der Waals surface area contributed by atoms with Gasteiger partial charge in [0.25, 0.3) is 5.91 Å². The van der Waals surface area contributed by atoms with E-state index in [0.717, 1.165) is 5.56 Å². The van der Waals surface area contributed by atoms with Gasteiger partial charge in [0.1, 0.15) is 5.69 Å². The van der Waals surface area contributed by atoms with Crippen molar-refractivity contribution in [1.29, 1.82) is 0 Å².